The maximum absolute atomic E-state index is 11.3. The third-order valence-electron chi connectivity index (χ3n) is 2.47. The van der Waals surface area contributed by atoms with Crippen LogP contribution in [-0.4, -0.2) is 35.3 Å². The summed E-state index contributed by atoms with van der Waals surface area (Å²) in [6.45, 7) is 2.66. The Morgan fingerprint density at radius 1 is 1.43 bits per heavy atom. The lowest BCUT2D eigenvalue weighted by Crippen LogP contribution is -2.12. The van der Waals surface area contributed by atoms with Gasteiger partial charge in [0.05, 0.1) is 13.2 Å². The van der Waals surface area contributed by atoms with E-state index in [9.17, 15) is 4.79 Å². The van der Waals surface area contributed by atoms with Crippen LogP contribution in [0, 0.1) is 0 Å². The minimum Gasteiger partial charge on any atom is -0.494 e. The van der Waals surface area contributed by atoms with E-state index in [1.807, 2.05) is 18.2 Å². The Labute approximate surface area is 147 Å². The zero-order valence-electron chi connectivity index (χ0n) is 12.5. The number of benzene rings is 1. The quantitative estimate of drug-likeness (QED) is 0.422. The Morgan fingerprint density at radius 2 is 2.30 bits per heavy atom. The van der Waals surface area contributed by atoms with Gasteiger partial charge >= 0.3 is 6.09 Å². The van der Waals surface area contributed by atoms with E-state index in [2.05, 4.69) is 15.5 Å². The molecule has 0 saturated carbocycles. The molecule has 6 nitrogen and oxygen atoms in total. The van der Waals surface area contributed by atoms with Crippen LogP contribution in [0.5, 0.6) is 5.75 Å². The molecule has 0 saturated heterocycles. The first-order valence-electron chi connectivity index (χ1n) is 6.96. The molecule has 1 N–H and O–H groups in total. The fourth-order valence-corrected chi connectivity index (χ4v) is 3.44. The minimum absolute atomic E-state index is 0.318. The number of carbonyl (C=O) groups excluding carboxylic acids is 1. The van der Waals surface area contributed by atoms with Gasteiger partial charge in [0.2, 0.25) is 5.13 Å². The third kappa shape index (κ3) is 6.64. The molecule has 0 radical (unpaired) electrons. The zero-order valence-corrected chi connectivity index (χ0v) is 14.8. The molecule has 2 aromatic rings. The number of nitrogens with one attached hydrogen (secondary N) is 1. The summed E-state index contributed by atoms with van der Waals surface area (Å²) in [5, 5.41) is 11.5. The standard InChI is InChI=1S/C14H16ClN3O3S2/c1-2-20-13(19)16-12-17-18-14(23-12)22-8-4-7-21-11-6-3-5-10(15)9-11/h3,5-6,9H,2,4,7-8H2,1H3,(H,16,17,19). The van der Waals surface area contributed by atoms with Crippen LogP contribution in [0.1, 0.15) is 13.3 Å². The van der Waals surface area contributed by atoms with Crippen LogP contribution in [0.2, 0.25) is 5.02 Å². The number of amides is 1. The van der Waals surface area contributed by atoms with Crippen LogP contribution in [0.15, 0.2) is 28.6 Å². The van der Waals surface area contributed by atoms with Gasteiger partial charge in [0.1, 0.15) is 5.75 Å². The van der Waals surface area contributed by atoms with Gasteiger partial charge in [0.15, 0.2) is 4.34 Å². The molecule has 0 atom stereocenters. The first-order chi connectivity index (χ1) is 11.2. The summed E-state index contributed by atoms with van der Waals surface area (Å²) in [6, 6.07) is 7.32. The van der Waals surface area contributed by atoms with Crippen molar-refractivity contribution in [1.29, 1.82) is 0 Å². The summed E-state index contributed by atoms with van der Waals surface area (Å²) in [5.41, 5.74) is 0. The van der Waals surface area contributed by atoms with Gasteiger partial charge < -0.3 is 9.47 Å². The smallest absolute Gasteiger partial charge is 0.413 e. The number of nitrogens with zero attached hydrogens (tertiary/aromatic N) is 2. The second-order valence-electron chi connectivity index (χ2n) is 4.23. The number of anilines is 1. The lowest BCUT2D eigenvalue weighted by atomic mass is 10.3. The Balaban J connectivity index is 1.64. The molecule has 9 heteroatoms. The van der Waals surface area contributed by atoms with Crippen LogP contribution in [0.3, 0.4) is 0 Å². The molecule has 0 bridgehead atoms. The normalized spacial score (nSPS) is 10.3. The number of ether oxygens (including phenoxy) is 2. The van der Waals surface area contributed by atoms with Crippen LogP contribution in [0.4, 0.5) is 9.93 Å². The van der Waals surface area contributed by atoms with Gasteiger partial charge in [-0.2, -0.15) is 0 Å². The molecular weight excluding hydrogens is 358 g/mol. The van der Waals surface area contributed by atoms with Crippen LogP contribution in [-0.2, 0) is 4.74 Å². The molecule has 0 aliphatic carbocycles. The molecule has 124 valence electrons. The third-order valence-corrected chi connectivity index (χ3v) is 4.76. The molecule has 1 heterocycles. The Bertz CT molecular complexity index is 639. The van der Waals surface area contributed by atoms with Crippen molar-refractivity contribution >= 4 is 45.9 Å². The average Bonchev–Trinajstić information content (AvgIpc) is 2.94. The molecule has 1 amide bonds. The van der Waals surface area contributed by atoms with Gasteiger partial charge in [-0.15, -0.1) is 10.2 Å². The zero-order chi connectivity index (χ0) is 16.5. The minimum atomic E-state index is -0.518. The molecule has 1 aromatic carbocycles. The fraction of sp³-hybridized carbons (Fsp3) is 0.357. The number of hydrogen-bond acceptors (Lipinski definition) is 7. The number of hydrogen-bond donors (Lipinski definition) is 1. The van der Waals surface area contributed by atoms with E-state index >= 15 is 0 Å². The molecule has 0 spiro atoms. The Kier molecular flexibility index (Phi) is 7.44. The van der Waals surface area contributed by atoms with E-state index in [1.54, 1.807) is 24.8 Å². The van der Waals surface area contributed by atoms with E-state index in [0.29, 0.717) is 23.4 Å². The topological polar surface area (TPSA) is 73.3 Å². The van der Waals surface area contributed by atoms with Crippen molar-refractivity contribution in [2.75, 3.05) is 24.3 Å². The molecule has 2 rings (SSSR count). The highest BCUT2D eigenvalue weighted by Crippen LogP contribution is 2.26. The predicted octanol–water partition coefficient (Wildman–Crippen LogP) is 4.32. The number of thioether (sulfide) groups is 1. The van der Waals surface area contributed by atoms with Crippen molar-refractivity contribution in [3.8, 4) is 5.75 Å². The second kappa shape index (κ2) is 9.59. The highest BCUT2D eigenvalue weighted by molar-refractivity contribution is 8.01. The van der Waals surface area contributed by atoms with E-state index in [1.165, 1.54) is 11.3 Å². The maximum Gasteiger partial charge on any atom is 0.413 e. The summed E-state index contributed by atoms with van der Waals surface area (Å²) >= 11 is 8.77. The van der Waals surface area contributed by atoms with E-state index in [-0.39, 0.29) is 0 Å². The van der Waals surface area contributed by atoms with Gasteiger partial charge in [0, 0.05) is 10.8 Å². The molecule has 0 unspecified atom stereocenters. The number of aromatic nitrogens is 2. The number of halogens is 1. The molecule has 0 aliphatic heterocycles. The summed E-state index contributed by atoms with van der Waals surface area (Å²) in [6.07, 6.45) is 0.340. The molecule has 0 aliphatic rings. The first-order valence-corrected chi connectivity index (χ1v) is 9.14. The van der Waals surface area contributed by atoms with E-state index in [4.69, 9.17) is 21.1 Å². The Morgan fingerprint density at radius 3 is 3.09 bits per heavy atom. The van der Waals surface area contributed by atoms with Gasteiger partial charge in [0.25, 0.3) is 0 Å². The molecule has 23 heavy (non-hydrogen) atoms. The van der Waals surface area contributed by atoms with Crippen LogP contribution in [0.25, 0.3) is 0 Å². The van der Waals surface area contributed by atoms with Gasteiger partial charge in [-0.05, 0) is 31.5 Å². The van der Waals surface area contributed by atoms with Crippen LogP contribution < -0.4 is 10.1 Å². The van der Waals surface area contributed by atoms with E-state index in [0.717, 1.165) is 22.3 Å². The Hall–Kier alpha value is -1.51. The van der Waals surface area contributed by atoms with Gasteiger partial charge in [-0.3, -0.25) is 5.32 Å². The fourth-order valence-electron chi connectivity index (χ4n) is 1.54. The van der Waals surface area contributed by atoms with Crippen molar-refractivity contribution in [3.05, 3.63) is 29.3 Å². The lowest BCUT2D eigenvalue weighted by molar-refractivity contribution is 0.168. The first kappa shape index (κ1) is 17.8. The highest BCUT2D eigenvalue weighted by atomic mass is 35.5. The maximum atomic E-state index is 11.3. The largest absolute Gasteiger partial charge is 0.494 e. The highest BCUT2D eigenvalue weighted by Gasteiger charge is 2.08. The number of carbonyl (C=O) groups is 1. The van der Waals surface area contributed by atoms with Crippen molar-refractivity contribution < 1.29 is 14.3 Å². The van der Waals surface area contributed by atoms with Crippen molar-refractivity contribution in [3.63, 3.8) is 0 Å². The van der Waals surface area contributed by atoms with Gasteiger partial charge in [-0.1, -0.05) is 40.8 Å². The molecule has 1 aromatic heterocycles. The summed E-state index contributed by atoms with van der Waals surface area (Å²) in [4.78, 5) is 11.3. The van der Waals surface area contributed by atoms with E-state index < -0.39 is 6.09 Å². The van der Waals surface area contributed by atoms with Gasteiger partial charge in [-0.25, -0.2) is 4.79 Å². The molecule has 0 fully saturated rings. The monoisotopic (exact) mass is 373 g/mol. The average molecular weight is 374 g/mol. The second-order valence-corrected chi connectivity index (χ2v) is 6.98. The SMILES string of the molecule is CCOC(=O)Nc1nnc(SCCCOc2cccc(Cl)c2)s1. The number of rotatable bonds is 8. The van der Waals surface area contributed by atoms with Crippen molar-refractivity contribution in [1.82, 2.24) is 10.2 Å². The summed E-state index contributed by atoms with van der Waals surface area (Å²) in [5.74, 6) is 1.61. The van der Waals surface area contributed by atoms with Crippen molar-refractivity contribution in [2.24, 2.45) is 0 Å². The summed E-state index contributed by atoms with van der Waals surface area (Å²) in [7, 11) is 0. The van der Waals surface area contributed by atoms with Crippen LogP contribution >= 0.6 is 34.7 Å². The summed E-state index contributed by atoms with van der Waals surface area (Å²) < 4.78 is 11.2. The van der Waals surface area contributed by atoms with Crippen molar-refractivity contribution in [2.45, 2.75) is 17.7 Å². The predicted molar refractivity (Wildman–Crippen MR) is 92.8 cm³/mol. The molecular formula is C14H16ClN3O3S2. The lowest BCUT2D eigenvalue weighted by Gasteiger charge is -2.05.